The van der Waals surface area contributed by atoms with Crippen molar-refractivity contribution in [3.8, 4) is 5.75 Å². The average Bonchev–Trinajstić information content (AvgIpc) is 3.20. The number of aromatic hydroxyl groups is 1. The molecule has 0 radical (unpaired) electrons. The minimum absolute atomic E-state index is 0.114. The largest absolute Gasteiger partial charge is 0.504 e. The third-order valence-corrected chi connectivity index (χ3v) is 5.58. The van der Waals surface area contributed by atoms with Crippen molar-refractivity contribution in [1.29, 1.82) is 0 Å². The molecule has 0 atom stereocenters. The highest BCUT2D eigenvalue weighted by atomic mass is 32.1. The zero-order valence-electron chi connectivity index (χ0n) is 17.7. The van der Waals surface area contributed by atoms with Gasteiger partial charge in [0.05, 0.1) is 21.6 Å². The lowest BCUT2D eigenvalue weighted by atomic mass is 10.1. The number of carbonyl (C=O) groups is 1. The Hall–Kier alpha value is -3.98. The smallest absolute Gasteiger partial charge is 0.231 e. The van der Waals surface area contributed by atoms with Gasteiger partial charge < -0.3 is 10.0 Å². The number of benzene rings is 3. The summed E-state index contributed by atoms with van der Waals surface area (Å²) in [5.41, 5.74) is 2.86. The van der Waals surface area contributed by atoms with Crippen LogP contribution < -0.4 is 4.90 Å². The van der Waals surface area contributed by atoms with Gasteiger partial charge in [0.25, 0.3) is 0 Å². The molecule has 0 saturated carbocycles. The summed E-state index contributed by atoms with van der Waals surface area (Å²) < 4.78 is 1.00. The maximum absolute atomic E-state index is 11.8. The summed E-state index contributed by atoms with van der Waals surface area (Å²) in [6, 6.07) is 18.1. The minimum atomic E-state index is -0.162. The third kappa shape index (κ3) is 4.37. The van der Waals surface area contributed by atoms with Gasteiger partial charge in [0.1, 0.15) is 5.69 Å². The Bertz CT molecular complexity index is 1330. The molecule has 0 unspecified atom stereocenters. The standard InChI is InChI=1S/C23H20N6O2S/c1-14(30)15-8-4-5-9-16(15)25-26-18-12-13-19(29(2)3)21(22(18)31)27-28-23-24-17-10-6-7-11-20(17)32-23/h4-13,31H,1-3H3. The molecule has 9 heteroatoms. The fourth-order valence-electron chi connectivity index (χ4n) is 3.06. The summed E-state index contributed by atoms with van der Waals surface area (Å²) in [5.74, 6) is -0.276. The Morgan fingerprint density at radius 2 is 1.62 bits per heavy atom. The number of nitrogens with zero attached hydrogens (tertiary/aromatic N) is 6. The number of hydrogen-bond donors (Lipinski definition) is 1. The maximum atomic E-state index is 11.8. The minimum Gasteiger partial charge on any atom is -0.504 e. The summed E-state index contributed by atoms with van der Waals surface area (Å²) in [6.07, 6.45) is 0. The van der Waals surface area contributed by atoms with Crippen LogP contribution in [0.5, 0.6) is 5.75 Å². The molecule has 1 aromatic heterocycles. The number of thiazole rings is 1. The molecule has 0 fully saturated rings. The van der Waals surface area contributed by atoms with Gasteiger partial charge in [0, 0.05) is 19.7 Å². The summed E-state index contributed by atoms with van der Waals surface area (Å²) in [6.45, 7) is 1.47. The predicted molar refractivity (Wildman–Crippen MR) is 127 cm³/mol. The summed E-state index contributed by atoms with van der Waals surface area (Å²) in [7, 11) is 3.69. The first-order chi connectivity index (χ1) is 15.4. The fourth-order valence-corrected chi connectivity index (χ4v) is 3.85. The van der Waals surface area contributed by atoms with Gasteiger partial charge in [-0.3, -0.25) is 4.79 Å². The number of phenolic OH excluding ortho intramolecular Hbond substituents is 1. The van der Waals surface area contributed by atoms with Crippen molar-refractivity contribution >= 4 is 55.2 Å². The molecule has 0 amide bonds. The SMILES string of the molecule is CC(=O)c1ccccc1N=Nc1ccc(N(C)C)c(N=Nc2nc3ccccc3s2)c1O. The van der Waals surface area contributed by atoms with Crippen molar-refractivity contribution in [1.82, 2.24) is 4.98 Å². The van der Waals surface area contributed by atoms with Gasteiger partial charge in [0.2, 0.25) is 5.13 Å². The van der Waals surface area contributed by atoms with E-state index in [1.54, 1.807) is 36.4 Å². The van der Waals surface area contributed by atoms with E-state index >= 15 is 0 Å². The molecule has 1 heterocycles. The summed E-state index contributed by atoms with van der Waals surface area (Å²) in [4.78, 5) is 18.1. The second kappa shape index (κ2) is 9.03. The number of Topliss-reactive ketones (excluding diaryl/α,β-unsaturated/α-hetero) is 1. The number of aromatic nitrogens is 1. The summed E-state index contributed by atoms with van der Waals surface area (Å²) >= 11 is 1.41. The molecule has 4 aromatic rings. The van der Waals surface area contributed by atoms with Crippen molar-refractivity contribution < 1.29 is 9.90 Å². The van der Waals surface area contributed by atoms with Crippen LogP contribution in [0, 0.1) is 0 Å². The van der Waals surface area contributed by atoms with E-state index in [9.17, 15) is 9.90 Å². The second-order valence-electron chi connectivity index (χ2n) is 7.13. The molecule has 0 spiro atoms. The lowest BCUT2D eigenvalue weighted by Crippen LogP contribution is -2.08. The second-order valence-corrected chi connectivity index (χ2v) is 8.14. The molecule has 0 aliphatic carbocycles. The van der Waals surface area contributed by atoms with Crippen molar-refractivity contribution in [3.63, 3.8) is 0 Å². The molecule has 4 rings (SSSR count). The van der Waals surface area contributed by atoms with E-state index in [0.29, 0.717) is 22.1 Å². The van der Waals surface area contributed by atoms with E-state index in [2.05, 4.69) is 25.4 Å². The van der Waals surface area contributed by atoms with Gasteiger partial charge in [-0.2, -0.15) is 0 Å². The van der Waals surface area contributed by atoms with E-state index in [1.165, 1.54) is 18.3 Å². The molecular weight excluding hydrogens is 424 g/mol. The number of anilines is 1. The van der Waals surface area contributed by atoms with Crippen LogP contribution in [0.4, 0.5) is 27.9 Å². The Balaban J connectivity index is 1.72. The maximum Gasteiger partial charge on any atom is 0.231 e. The highest BCUT2D eigenvalue weighted by Gasteiger charge is 2.15. The Morgan fingerprint density at radius 1 is 0.906 bits per heavy atom. The lowest BCUT2D eigenvalue weighted by Gasteiger charge is -2.15. The number of carbonyl (C=O) groups excluding carboxylic acids is 1. The Kier molecular flexibility index (Phi) is 6.00. The lowest BCUT2D eigenvalue weighted by molar-refractivity contribution is 0.101. The zero-order chi connectivity index (χ0) is 22.7. The quantitative estimate of drug-likeness (QED) is 0.253. The predicted octanol–water partition coefficient (Wildman–Crippen LogP) is 7.10. The average molecular weight is 445 g/mol. The van der Waals surface area contributed by atoms with E-state index in [0.717, 1.165) is 10.2 Å². The van der Waals surface area contributed by atoms with Crippen LogP contribution in [0.25, 0.3) is 10.2 Å². The monoisotopic (exact) mass is 444 g/mol. The van der Waals surface area contributed by atoms with Gasteiger partial charge in [0.15, 0.2) is 17.2 Å². The number of phenols is 1. The number of ketones is 1. The first-order valence-corrected chi connectivity index (χ1v) is 10.6. The highest BCUT2D eigenvalue weighted by molar-refractivity contribution is 7.21. The van der Waals surface area contributed by atoms with Gasteiger partial charge in [-0.05, 0) is 43.3 Å². The molecular formula is C23H20N6O2S. The van der Waals surface area contributed by atoms with Crippen molar-refractivity contribution in [3.05, 3.63) is 66.2 Å². The summed E-state index contributed by atoms with van der Waals surface area (Å²) in [5, 5.41) is 28.2. The van der Waals surface area contributed by atoms with Crippen LogP contribution in [-0.4, -0.2) is 30.0 Å². The Labute approximate surface area is 188 Å². The van der Waals surface area contributed by atoms with E-state index < -0.39 is 0 Å². The number of para-hydroxylation sites is 1. The van der Waals surface area contributed by atoms with Gasteiger partial charge >= 0.3 is 0 Å². The van der Waals surface area contributed by atoms with Crippen LogP contribution in [0.3, 0.4) is 0 Å². The van der Waals surface area contributed by atoms with Crippen molar-refractivity contribution in [2.24, 2.45) is 20.5 Å². The molecule has 0 bridgehead atoms. The van der Waals surface area contributed by atoms with Crippen LogP contribution in [0.15, 0.2) is 81.1 Å². The van der Waals surface area contributed by atoms with Crippen LogP contribution >= 0.6 is 11.3 Å². The van der Waals surface area contributed by atoms with Crippen molar-refractivity contribution in [2.75, 3.05) is 19.0 Å². The highest BCUT2D eigenvalue weighted by Crippen LogP contribution is 2.44. The van der Waals surface area contributed by atoms with Gasteiger partial charge in [-0.15, -0.1) is 20.5 Å². The molecule has 32 heavy (non-hydrogen) atoms. The molecule has 0 aliphatic rings. The molecule has 3 aromatic carbocycles. The fraction of sp³-hybridized carbons (Fsp3) is 0.130. The molecule has 0 saturated heterocycles. The van der Waals surface area contributed by atoms with Gasteiger partial charge in [-0.1, -0.05) is 35.6 Å². The number of rotatable bonds is 6. The zero-order valence-corrected chi connectivity index (χ0v) is 18.5. The van der Waals surface area contributed by atoms with Gasteiger partial charge in [-0.25, -0.2) is 4.98 Å². The Morgan fingerprint density at radius 3 is 2.38 bits per heavy atom. The van der Waals surface area contributed by atoms with Crippen LogP contribution in [0.2, 0.25) is 0 Å². The van der Waals surface area contributed by atoms with Crippen LogP contribution in [-0.2, 0) is 0 Å². The van der Waals surface area contributed by atoms with E-state index in [-0.39, 0.29) is 22.9 Å². The number of hydrogen-bond acceptors (Lipinski definition) is 9. The molecule has 8 nitrogen and oxygen atoms in total. The van der Waals surface area contributed by atoms with Crippen LogP contribution in [0.1, 0.15) is 17.3 Å². The molecule has 1 N–H and O–H groups in total. The van der Waals surface area contributed by atoms with E-state index in [4.69, 9.17) is 0 Å². The first-order valence-electron chi connectivity index (χ1n) is 9.76. The van der Waals surface area contributed by atoms with E-state index in [1.807, 2.05) is 43.3 Å². The topological polar surface area (TPSA) is 103 Å². The van der Waals surface area contributed by atoms with Crippen molar-refractivity contribution in [2.45, 2.75) is 6.92 Å². The molecule has 160 valence electrons. The first kappa shape index (κ1) is 21.3. The molecule has 0 aliphatic heterocycles. The third-order valence-electron chi connectivity index (χ3n) is 4.66. The normalized spacial score (nSPS) is 11.6. The number of fused-ring (bicyclic) bond motifs is 1. The number of azo groups is 2.